The molecule has 98 valence electrons. The summed E-state index contributed by atoms with van der Waals surface area (Å²) >= 11 is 0. The van der Waals surface area contributed by atoms with E-state index in [2.05, 4.69) is 14.9 Å². The number of hydrogen-bond acceptors (Lipinski definition) is 5. The Morgan fingerprint density at radius 3 is 2.79 bits per heavy atom. The van der Waals surface area contributed by atoms with Crippen LogP contribution in [0.25, 0.3) is 11.0 Å². The molecule has 2 N–H and O–H groups in total. The van der Waals surface area contributed by atoms with Crippen LogP contribution in [0.5, 0.6) is 0 Å². The topological polar surface area (TPSA) is 78.3 Å². The van der Waals surface area contributed by atoms with Crippen LogP contribution >= 0.6 is 0 Å². The number of aromatic nitrogens is 2. The number of carbonyl (C=O) groups is 1. The van der Waals surface area contributed by atoms with Crippen molar-refractivity contribution in [2.75, 3.05) is 18.0 Å². The quantitative estimate of drug-likeness (QED) is 0.628. The van der Waals surface area contributed by atoms with Crippen molar-refractivity contribution in [2.45, 2.75) is 12.8 Å². The molecule has 1 aliphatic rings. The van der Waals surface area contributed by atoms with Gasteiger partial charge in [0, 0.05) is 18.7 Å². The van der Waals surface area contributed by atoms with Gasteiger partial charge in [-0.1, -0.05) is 0 Å². The second-order valence-corrected chi connectivity index (χ2v) is 4.57. The third-order valence-electron chi connectivity index (χ3n) is 3.32. The second kappa shape index (κ2) is 4.81. The van der Waals surface area contributed by atoms with Crippen LogP contribution < -0.4 is 10.4 Å². The Morgan fingerprint density at radius 2 is 2.05 bits per heavy atom. The number of benzene rings is 1. The Balaban J connectivity index is 2.02. The maximum absolute atomic E-state index is 11.4. The molecule has 0 spiro atoms. The van der Waals surface area contributed by atoms with Crippen LogP contribution in [0.15, 0.2) is 24.4 Å². The van der Waals surface area contributed by atoms with Gasteiger partial charge in [0.05, 0.1) is 17.2 Å². The molecule has 1 fully saturated rings. The van der Waals surface area contributed by atoms with E-state index in [-0.39, 0.29) is 0 Å². The highest BCUT2D eigenvalue weighted by Crippen LogP contribution is 2.20. The van der Waals surface area contributed by atoms with E-state index in [1.165, 1.54) is 12.8 Å². The lowest BCUT2D eigenvalue weighted by atomic mass is 10.2. The molecular weight excluding hydrogens is 244 g/mol. The molecule has 19 heavy (non-hydrogen) atoms. The van der Waals surface area contributed by atoms with Gasteiger partial charge >= 0.3 is 0 Å². The van der Waals surface area contributed by atoms with Crippen molar-refractivity contribution in [1.29, 1.82) is 0 Å². The van der Waals surface area contributed by atoms with Gasteiger partial charge in [0.1, 0.15) is 5.82 Å². The van der Waals surface area contributed by atoms with Crippen LogP contribution in [0.2, 0.25) is 0 Å². The molecule has 3 rings (SSSR count). The molecule has 0 aliphatic carbocycles. The van der Waals surface area contributed by atoms with Gasteiger partial charge in [0.15, 0.2) is 0 Å². The number of rotatable bonds is 2. The zero-order valence-corrected chi connectivity index (χ0v) is 10.3. The van der Waals surface area contributed by atoms with Gasteiger partial charge in [-0.3, -0.25) is 15.0 Å². The first-order valence-electron chi connectivity index (χ1n) is 6.24. The van der Waals surface area contributed by atoms with Crippen molar-refractivity contribution >= 4 is 22.8 Å². The molecule has 0 unspecified atom stereocenters. The van der Waals surface area contributed by atoms with Crippen molar-refractivity contribution < 1.29 is 10.0 Å². The largest absolute Gasteiger partial charge is 0.355 e. The maximum atomic E-state index is 11.4. The van der Waals surface area contributed by atoms with Crippen molar-refractivity contribution in [3.8, 4) is 0 Å². The minimum atomic E-state index is -0.546. The number of nitrogens with zero attached hydrogens (tertiary/aromatic N) is 3. The van der Waals surface area contributed by atoms with E-state index < -0.39 is 5.91 Å². The summed E-state index contributed by atoms with van der Waals surface area (Å²) in [5.74, 6) is 0.293. The first-order chi connectivity index (χ1) is 9.28. The van der Waals surface area contributed by atoms with Crippen molar-refractivity contribution in [3.63, 3.8) is 0 Å². The molecule has 0 saturated carbocycles. The summed E-state index contributed by atoms with van der Waals surface area (Å²) in [5, 5.41) is 8.64. The number of anilines is 1. The van der Waals surface area contributed by atoms with E-state index in [1.807, 2.05) is 0 Å². The van der Waals surface area contributed by atoms with E-state index in [0.717, 1.165) is 24.4 Å². The Hall–Kier alpha value is -2.21. The van der Waals surface area contributed by atoms with E-state index in [4.69, 9.17) is 5.21 Å². The van der Waals surface area contributed by atoms with E-state index in [1.54, 1.807) is 29.9 Å². The lowest BCUT2D eigenvalue weighted by Crippen LogP contribution is -2.20. The second-order valence-electron chi connectivity index (χ2n) is 4.57. The van der Waals surface area contributed by atoms with Crippen LogP contribution in [-0.4, -0.2) is 34.2 Å². The van der Waals surface area contributed by atoms with Crippen LogP contribution in [0.3, 0.4) is 0 Å². The average molecular weight is 258 g/mol. The summed E-state index contributed by atoms with van der Waals surface area (Å²) in [6, 6.07) is 4.96. The van der Waals surface area contributed by atoms with E-state index in [9.17, 15) is 4.79 Å². The molecule has 0 bridgehead atoms. The van der Waals surface area contributed by atoms with Gasteiger partial charge in [0.2, 0.25) is 0 Å². The molecule has 2 aromatic rings. The minimum Gasteiger partial charge on any atom is -0.355 e. The summed E-state index contributed by atoms with van der Waals surface area (Å²) < 4.78 is 0. The third kappa shape index (κ3) is 2.22. The lowest BCUT2D eigenvalue weighted by Gasteiger charge is -2.16. The first kappa shape index (κ1) is 11.9. The number of hydrogen-bond donors (Lipinski definition) is 2. The molecular formula is C13H14N4O2. The molecule has 1 aromatic heterocycles. The standard InChI is InChI=1S/C13H14N4O2/c18-13(16-19)9-3-4-10-11(7-9)15-12(8-14-10)17-5-1-2-6-17/h3-4,7-8,19H,1-2,5-6H2,(H,16,18). The van der Waals surface area contributed by atoms with Crippen LogP contribution in [-0.2, 0) is 0 Å². The van der Waals surface area contributed by atoms with Crippen molar-refractivity contribution in [3.05, 3.63) is 30.0 Å². The Labute approximate surface area is 110 Å². The Bertz CT molecular complexity index is 623. The highest BCUT2D eigenvalue weighted by Gasteiger charge is 2.14. The summed E-state index contributed by atoms with van der Waals surface area (Å²) in [6.45, 7) is 1.99. The van der Waals surface area contributed by atoms with Gasteiger partial charge in [-0.05, 0) is 31.0 Å². The highest BCUT2D eigenvalue weighted by molar-refractivity contribution is 5.96. The monoisotopic (exact) mass is 258 g/mol. The van der Waals surface area contributed by atoms with Gasteiger partial charge < -0.3 is 4.90 Å². The zero-order chi connectivity index (χ0) is 13.2. The number of amides is 1. The Morgan fingerprint density at radius 1 is 1.26 bits per heavy atom. The molecule has 2 heterocycles. The summed E-state index contributed by atoms with van der Waals surface area (Å²) in [7, 11) is 0. The first-order valence-corrected chi connectivity index (χ1v) is 6.24. The highest BCUT2D eigenvalue weighted by atomic mass is 16.5. The molecule has 6 heteroatoms. The predicted octanol–water partition coefficient (Wildman–Crippen LogP) is 1.35. The fourth-order valence-corrected chi connectivity index (χ4v) is 2.31. The van der Waals surface area contributed by atoms with E-state index in [0.29, 0.717) is 11.1 Å². The zero-order valence-electron chi connectivity index (χ0n) is 10.3. The lowest BCUT2D eigenvalue weighted by molar-refractivity contribution is 0.0706. The fourth-order valence-electron chi connectivity index (χ4n) is 2.31. The van der Waals surface area contributed by atoms with Gasteiger partial charge in [0.25, 0.3) is 5.91 Å². The average Bonchev–Trinajstić information content (AvgIpc) is 2.99. The number of hydroxylamine groups is 1. The van der Waals surface area contributed by atoms with Crippen molar-refractivity contribution in [1.82, 2.24) is 15.4 Å². The smallest absolute Gasteiger partial charge is 0.274 e. The van der Waals surface area contributed by atoms with Gasteiger partial charge in [-0.25, -0.2) is 10.5 Å². The fraction of sp³-hybridized carbons (Fsp3) is 0.308. The summed E-state index contributed by atoms with van der Waals surface area (Å²) in [5.41, 5.74) is 3.37. The summed E-state index contributed by atoms with van der Waals surface area (Å²) in [6.07, 6.45) is 4.11. The molecule has 0 atom stereocenters. The number of carbonyl (C=O) groups excluding carboxylic acids is 1. The van der Waals surface area contributed by atoms with E-state index >= 15 is 0 Å². The maximum Gasteiger partial charge on any atom is 0.274 e. The molecule has 1 aromatic carbocycles. The molecule has 1 amide bonds. The molecule has 0 radical (unpaired) electrons. The van der Waals surface area contributed by atoms with Crippen LogP contribution in [0.1, 0.15) is 23.2 Å². The predicted molar refractivity (Wildman–Crippen MR) is 70.2 cm³/mol. The molecule has 6 nitrogen and oxygen atoms in total. The Kier molecular flexibility index (Phi) is 3.00. The SMILES string of the molecule is O=C(NO)c1ccc2ncc(N3CCCC3)nc2c1. The van der Waals surface area contributed by atoms with Gasteiger partial charge in [-0.15, -0.1) is 0 Å². The van der Waals surface area contributed by atoms with Crippen LogP contribution in [0, 0.1) is 0 Å². The number of fused-ring (bicyclic) bond motifs is 1. The van der Waals surface area contributed by atoms with Crippen LogP contribution in [0.4, 0.5) is 5.82 Å². The normalized spacial score (nSPS) is 14.9. The summed E-state index contributed by atoms with van der Waals surface area (Å²) in [4.78, 5) is 22.5. The minimum absolute atomic E-state index is 0.364. The third-order valence-corrected chi connectivity index (χ3v) is 3.32. The molecule has 1 saturated heterocycles. The van der Waals surface area contributed by atoms with Gasteiger partial charge in [-0.2, -0.15) is 0 Å². The van der Waals surface area contributed by atoms with Crippen molar-refractivity contribution in [2.24, 2.45) is 0 Å². The number of nitrogens with one attached hydrogen (secondary N) is 1. The molecule has 1 aliphatic heterocycles.